The summed E-state index contributed by atoms with van der Waals surface area (Å²) < 4.78 is 38.2. The molecule has 8 heteroatoms. The number of halogens is 3. The predicted octanol–water partition coefficient (Wildman–Crippen LogP) is 3.18. The largest absolute Gasteiger partial charge is 0.416 e. The highest BCUT2D eigenvalue weighted by Crippen LogP contribution is 2.72. The van der Waals surface area contributed by atoms with Crippen molar-refractivity contribution >= 4 is 17.7 Å². The average Bonchev–Trinajstić information content (AvgIpc) is 3.39. The number of fused-ring (bicyclic) bond motifs is 1. The van der Waals surface area contributed by atoms with Crippen molar-refractivity contribution in [3.63, 3.8) is 0 Å². The van der Waals surface area contributed by atoms with Crippen molar-refractivity contribution in [1.29, 1.82) is 0 Å². The van der Waals surface area contributed by atoms with Crippen LogP contribution in [0.15, 0.2) is 36.4 Å². The molecule has 4 aliphatic carbocycles. The fraction of sp³-hybridized carbons (Fsp3) is 0.500. The Bertz CT molecular complexity index is 1020. The number of rotatable bonds is 2. The highest BCUT2D eigenvalue weighted by atomic mass is 19.4. The van der Waals surface area contributed by atoms with Gasteiger partial charge in [-0.05, 0) is 73.1 Å². The second-order valence-corrected chi connectivity index (χ2v) is 9.27. The van der Waals surface area contributed by atoms with Crippen molar-refractivity contribution in [2.75, 3.05) is 0 Å². The molecule has 5 aliphatic rings. The summed E-state index contributed by atoms with van der Waals surface area (Å²) in [6, 6.07) is 3.71. The van der Waals surface area contributed by atoms with Gasteiger partial charge in [0.15, 0.2) is 0 Å². The predicted molar refractivity (Wildman–Crippen MR) is 97.1 cm³/mol. The molecular formula is C22H19F3N2O3. The van der Waals surface area contributed by atoms with Gasteiger partial charge in [-0.1, -0.05) is 12.2 Å². The van der Waals surface area contributed by atoms with Crippen molar-refractivity contribution in [3.05, 3.63) is 47.5 Å². The number of hydrogen-bond acceptors (Lipinski definition) is 3. The molecular weight excluding hydrogens is 397 g/mol. The van der Waals surface area contributed by atoms with E-state index >= 15 is 0 Å². The molecule has 1 aliphatic heterocycles. The topological polar surface area (TPSA) is 66.5 Å². The van der Waals surface area contributed by atoms with E-state index in [0.717, 1.165) is 42.1 Å². The van der Waals surface area contributed by atoms with Crippen molar-refractivity contribution in [3.8, 4) is 0 Å². The van der Waals surface area contributed by atoms with Gasteiger partial charge >= 0.3 is 6.18 Å². The van der Waals surface area contributed by atoms with Crippen LogP contribution in [-0.4, -0.2) is 22.7 Å². The van der Waals surface area contributed by atoms with Gasteiger partial charge in [-0.2, -0.15) is 18.2 Å². The Morgan fingerprint density at radius 3 is 2.50 bits per heavy atom. The molecule has 1 aromatic rings. The lowest BCUT2D eigenvalue weighted by Gasteiger charge is -2.34. The SMILES string of the molecule is O=C(NN1C(=O)[C@H]2C3CC[C@@]2(C1=O)C1C=CC3C2CC21)c1ccc(C(F)(F)F)cc1. The lowest BCUT2D eigenvalue weighted by Crippen LogP contribution is -2.49. The van der Waals surface area contributed by atoms with E-state index in [-0.39, 0.29) is 29.2 Å². The third-order valence-corrected chi connectivity index (χ3v) is 8.13. The van der Waals surface area contributed by atoms with Crippen LogP contribution in [0.4, 0.5) is 13.2 Å². The highest BCUT2D eigenvalue weighted by molar-refractivity contribution is 6.10. The molecule has 0 aromatic heterocycles. The molecule has 4 bridgehead atoms. The number of benzene rings is 1. The van der Waals surface area contributed by atoms with E-state index in [1.165, 1.54) is 0 Å². The highest BCUT2D eigenvalue weighted by Gasteiger charge is 2.75. The summed E-state index contributed by atoms with van der Waals surface area (Å²) in [6.07, 6.45) is 2.40. The summed E-state index contributed by atoms with van der Waals surface area (Å²) in [6.45, 7) is 0. The minimum absolute atomic E-state index is 0.0284. The summed E-state index contributed by atoms with van der Waals surface area (Å²) in [4.78, 5) is 39.4. The van der Waals surface area contributed by atoms with Gasteiger partial charge in [0.05, 0.1) is 16.9 Å². The molecule has 5 unspecified atom stereocenters. The molecule has 30 heavy (non-hydrogen) atoms. The van der Waals surface area contributed by atoms with Crippen LogP contribution < -0.4 is 5.43 Å². The third kappa shape index (κ3) is 2.11. The van der Waals surface area contributed by atoms with Crippen LogP contribution in [0, 0.1) is 40.9 Å². The Morgan fingerprint density at radius 1 is 1.07 bits per heavy atom. The molecule has 6 rings (SSSR count). The first-order valence-corrected chi connectivity index (χ1v) is 10.3. The molecule has 3 amide bonds. The first-order chi connectivity index (χ1) is 14.2. The van der Waals surface area contributed by atoms with Crippen LogP contribution >= 0.6 is 0 Å². The molecule has 3 saturated carbocycles. The standard InChI is InChI=1S/C22H19F3N2O3/c23-22(24,25)11-3-1-10(2-4-11)18(28)26-27-19(29)17-13-7-8-21(17,20(27)30)16-6-5-12(13)14-9-15(14)16/h1-6,12-17H,7-9H2,(H,26,28)/t12?,13?,14?,15?,16?,17-,21-/m1/s1. The maximum atomic E-state index is 13.5. The van der Waals surface area contributed by atoms with Crippen molar-refractivity contribution in [1.82, 2.24) is 10.4 Å². The Hall–Kier alpha value is -2.64. The van der Waals surface area contributed by atoms with Crippen molar-refractivity contribution in [2.45, 2.75) is 25.4 Å². The molecule has 0 spiro atoms. The normalized spacial score (nSPS) is 40.3. The van der Waals surface area contributed by atoms with Gasteiger partial charge in [0.2, 0.25) is 0 Å². The first kappa shape index (κ1) is 18.2. The second-order valence-electron chi connectivity index (χ2n) is 9.27. The van der Waals surface area contributed by atoms with E-state index in [9.17, 15) is 27.6 Å². The van der Waals surface area contributed by atoms with Crippen LogP contribution in [0.25, 0.3) is 0 Å². The lowest BCUT2D eigenvalue weighted by atomic mass is 9.67. The van der Waals surface area contributed by atoms with Gasteiger partial charge in [-0.15, -0.1) is 0 Å². The van der Waals surface area contributed by atoms with Gasteiger partial charge in [0.1, 0.15) is 0 Å². The van der Waals surface area contributed by atoms with Crippen LogP contribution in [-0.2, 0) is 15.8 Å². The summed E-state index contributed by atoms with van der Waals surface area (Å²) in [5.41, 5.74) is 0.698. The number of carbonyl (C=O) groups excluding carboxylic acids is 3. The number of nitrogens with zero attached hydrogens (tertiary/aromatic N) is 1. The zero-order valence-electron chi connectivity index (χ0n) is 15.9. The quantitative estimate of drug-likeness (QED) is 0.595. The second kappa shape index (κ2) is 5.53. The van der Waals surface area contributed by atoms with Gasteiger partial charge in [0, 0.05) is 5.56 Å². The van der Waals surface area contributed by atoms with E-state index in [0.29, 0.717) is 24.2 Å². The van der Waals surface area contributed by atoms with Gasteiger partial charge in [0.25, 0.3) is 17.7 Å². The number of hydrazine groups is 1. The van der Waals surface area contributed by atoms with E-state index in [1.807, 2.05) is 0 Å². The number of carbonyl (C=O) groups is 3. The molecule has 1 N–H and O–H groups in total. The van der Waals surface area contributed by atoms with E-state index in [4.69, 9.17) is 0 Å². The Morgan fingerprint density at radius 2 is 1.80 bits per heavy atom. The van der Waals surface area contributed by atoms with E-state index in [2.05, 4.69) is 17.6 Å². The number of allylic oxidation sites excluding steroid dienone is 2. The summed E-state index contributed by atoms with van der Waals surface area (Å²) in [5.74, 6) is -0.434. The van der Waals surface area contributed by atoms with Crippen LogP contribution in [0.2, 0.25) is 0 Å². The number of imide groups is 1. The molecule has 0 radical (unpaired) electrons. The molecule has 1 saturated heterocycles. The van der Waals surface area contributed by atoms with E-state index < -0.39 is 29.0 Å². The lowest BCUT2D eigenvalue weighted by molar-refractivity contribution is -0.146. The number of alkyl halides is 3. The maximum Gasteiger partial charge on any atom is 0.416 e. The average molecular weight is 416 g/mol. The Kier molecular flexibility index (Phi) is 3.35. The fourth-order valence-corrected chi connectivity index (χ4v) is 6.85. The molecule has 1 heterocycles. The van der Waals surface area contributed by atoms with Crippen molar-refractivity contribution in [2.24, 2.45) is 40.9 Å². The molecule has 7 atom stereocenters. The fourth-order valence-electron chi connectivity index (χ4n) is 6.85. The summed E-state index contributed by atoms with van der Waals surface area (Å²) in [7, 11) is 0. The Labute approximate surface area is 170 Å². The van der Waals surface area contributed by atoms with Crippen LogP contribution in [0.1, 0.15) is 35.2 Å². The smallest absolute Gasteiger partial charge is 0.272 e. The Balaban J connectivity index is 1.29. The molecule has 1 aromatic carbocycles. The number of amides is 3. The monoisotopic (exact) mass is 416 g/mol. The maximum absolute atomic E-state index is 13.5. The zero-order valence-corrected chi connectivity index (χ0v) is 15.9. The molecule has 5 nitrogen and oxygen atoms in total. The number of hydrogen-bond donors (Lipinski definition) is 1. The zero-order chi connectivity index (χ0) is 21.0. The molecule has 156 valence electrons. The number of nitrogens with one attached hydrogen (secondary N) is 1. The summed E-state index contributed by atoms with van der Waals surface area (Å²) >= 11 is 0. The van der Waals surface area contributed by atoms with E-state index in [1.54, 1.807) is 0 Å². The minimum Gasteiger partial charge on any atom is -0.272 e. The van der Waals surface area contributed by atoms with Gasteiger partial charge < -0.3 is 0 Å². The summed E-state index contributed by atoms with van der Waals surface area (Å²) in [5, 5.41) is 0.850. The van der Waals surface area contributed by atoms with Crippen molar-refractivity contribution < 1.29 is 27.6 Å². The van der Waals surface area contributed by atoms with Crippen LogP contribution in [0.5, 0.6) is 0 Å². The minimum atomic E-state index is -4.50. The van der Waals surface area contributed by atoms with Gasteiger partial charge in [-0.3, -0.25) is 19.8 Å². The third-order valence-electron chi connectivity index (χ3n) is 8.13. The first-order valence-electron chi connectivity index (χ1n) is 10.3. The molecule has 4 fully saturated rings. The van der Waals surface area contributed by atoms with Gasteiger partial charge in [-0.25, -0.2) is 0 Å². The van der Waals surface area contributed by atoms with Crippen LogP contribution in [0.3, 0.4) is 0 Å².